The van der Waals surface area contributed by atoms with Gasteiger partial charge in [-0.1, -0.05) is 0 Å². The van der Waals surface area contributed by atoms with Gasteiger partial charge in [0, 0.05) is 24.3 Å². The molecule has 3 nitrogen and oxygen atoms in total. The third-order valence-electron chi connectivity index (χ3n) is 3.28. The maximum atomic E-state index is 12.1. The molecule has 3 heteroatoms. The molecule has 1 aromatic rings. The average Bonchev–Trinajstić information content (AvgIpc) is 2.24. The van der Waals surface area contributed by atoms with E-state index in [0.29, 0.717) is 0 Å². The first-order valence-corrected chi connectivity index (χ1v) is 6.20. The van der Waals surface area contributed by atoms with Crippen LogP contribution < -0.4 is 5.56 Å². The normalized spacial score (nSPS) is 11.5. The molecule has 96 valence electrons. The minimum Gasteiger partial charge on any atom is -0.313 e. The predicted molar refractivity (Wildman–Crippen MR) is 72.8 cm³/mol. The molecule has 0 fully saturated rings. The van der Waals surface area contributed by atoms with E-state index in [1.165, 1.54) is 5.56 Å². The molecular weight excluding hydrogens is 212 g/mol. The number of hydrogen-bond donors (Lipinski definition) is 0. The van der Waals surface area contributed by atoms with Crippen LogP contribution in [0, 0.1) is 13.8 Å². The van der Waals surface area contributed by atoms with Gasteiger partial charge >= 0.3 is 0 Å². The third-order valence-corrected chi connectivity index (χ3v) is 3.28. The number of nitrogens with zero attached hydrogens (tertiary/aromatic N) is 2. The summed E-state index contributed by atoms with van der Waals surface area (Å²) in [4.78, 5) is 14.2. The predicted octanol–water partition coefficient (Wildman–Crippen LogP) is 2.15. The maximum Gasteiger partial charge on any atom is 0.253 e. The molecule has 0 atom stereocenters. The highest BCUT2D eigenvalue weighted by Crippen LogP contribution is 2.13. The number of likely N-dealkylation sites (N-methyl/N-ethyl adjacent to an activating group) is 1. The summed E-state index contributed by atoms with van der Waals surface area (Å²) in [6.45, 7) is 9.08. The first kappa shape index (κ1) is 14.0. The average molecular weight is 236 g/mol. The van der Waals surface area contributed by atoms with Gasteiger partial charge in [-0.15, -0.1) is 0 Å². The van der Waals surface area contributed by atoms with E-state index in [2.05, 4.69) is 19.0 Å². The van der Waals surface area contributed by atoms with Crippen molar-refractivity contribution >= 4 is 0 Å². The molecule has 0 radical (unpaired) electrons. The van der Waals surface area contributed by atoms with Gasteiger partial charge in [-0.25, -0.2) is 0 Å². The summed E-state index contributed by atoms with van der Waals surface area (Å²) in [6.07, 6.45) is 3.02. The van der Waals surface area contributed by atoms with Gasteiger partial charge in [0.05, 0.1) is 0 Å². The van der Waals surface area contributed by atoms with Gasteiger partial charge in [0.15, 0.2) is 0 Å². The molecule has 1 aromatic heterocycles. The van der Waals surface area contributed by atoms with Gasteiger partial charge in [0.25, 0.3) is 5.56 Å². The summed E-state index contributed by atoms with van der Waals surface area (Å²) in [5, 5.41) is 0. The van der Waals surface area contributed by atoms with Crippen LogP contribution in [0.15, 0.2) is 11.0 Å². The zero-order chi connectivity index (χ0) is 13.2. The van der Waals surface area contributed by atoms with Gasteiger partial charge in [-0.05, 0) is 59.3 Å². The minimum atomic E-state index is 0.145. The van der Waals surface area contributed by atoms with E-state index in [4.69, 9.17) is 0 Å². The Labute approximate surface area is 104 Å². The van der Waals surface area contributed by atoms with Crippen LogP contribution in [0.2, 0.25) is 0 Å². The second-order valence-corrected chi connectivity index (χ2v) is 5.26. The number of aromatic nitrogens is 1. The fourth-order valence-electron chi connectivity index (χ4n) is 1.90. The van der Waals surface area contributed by atoms with E-state index in [-0.39, 0.29) is 11.6 Å². The van der Waals surface area contributed by atoms with Crippen molar-refractivity contribution in [3.8, 4) is 0 Å². The molecule has 0 saturated heterocycles. The summed E-state index contributed by atoms with van der Waals surface area (Å²) in [5.74, 6) is 0. The van der Waals surface area contributed by atoms with Gasteiger partial charge in [-0.3, -0.25) is 4.79 Å². The second kappa shape index (κ2) is 5.50. The highest BCUT2D eigenvalue weighted by atomic mass is 16.1. The lowest BCUT2D eigenvalue weighted by atomic mass is 10.0. The van der Waals surface area contributed by atoms with E-state index in [1.54, 1.807) is 0 Å². The second-order valence-electron chi connectivity index (χ2n) is 5.26. The highest BCUT2D eigenvalue weighted by molar-refractivity contribution is 5.30. The molecule has 1 rings (SSSR count). The van der Waals surface area contributed by atoms with Crippen LogP contribution in [0.5, 0.6) is 0 Å². The van der Waals surface area contributed by atoms with Crippen LogP contribution in [-0.2, 0) is 6.42 Å². The number of rotatable bonds is 4. The quantitative estimate of drug-likeness (QED) is 0.800. The van der Waals surface area contributed by atoms with Crippen molar-refractivity contribution in [2.45, 2.75) is 40.2 Å². The van der Waals surface area contributed by atoms with Crippen molar-refractivity contribution in [1.82, 2.24) is 9.47 Å². The molecule has 0 aliphatic rings. The van der Waals surface area contributed by atoms with Crippen molar-refractivity contribution in [2.75, 3.05) is 20.6 Å². The van der Waals surface area contributed by atoms with E-state index < -0.39 is 0 Å². The van der Waals surface area contributed by atoms with Crippen LogP contribution in [0.25, 0.3) is 0 Å². The van der Waals surface area contributed by atoms with Crippen LogP contribution in [0.3, 0.4) is 0 Å². The fourth-order valence-corrected chi connectivity index (χ4v) is 1.90. The SMILES string of the molecule is Cc1c(CCN(C)C)cn(C(C)C)c(=O)c1C. The van der Waals surface area contributed by atoms with E-state index >= 15 is 0 Å². The fraction of sp³-hybridized carbons (Fsp3) is 0.643. The molecule has 0 spiro atoms. The van der Waals surface area contributed by atoms with Gasteiger partial charge < -0.3 is 9.47 Å². The Morgan fingerprint density at radius 1 is 1.24 bits per heavy atom. The lowest BCUT2D eigenvalue weighted by Crippen LogP contribution is -2.26. The summed E-state index contributed by atoms with van der Waals surface area (Å²) < 4.78 is 1.84. The molecule has 0 aromatic carbocycles. The molecule has 1 heterocycles. The Hall–Kier alpha value is -1.09. The van der Waals surface area contributed by atoms with Crippen molar-refractivity contribution in [3.63, 3.8) is 0 Å². The van der Waals surface area contributed by atoms with Crippen LogP contribution in [-0.4, -0.2) is 30.1 Å². The van der Waals surface area contributed by atoms with E-state index in [1.807, 2.05) is 38.5 Å². The van der Waals surface area contributed by atoms with Gasteiger partial charge in [0.2, 0.25) is 0 Å². The first-order valence-electron chi connectivity index (χ1n) is 6.20. The van der Waals surface area contributed by atoms with Crippen LogP contribution in [0.1, 0.15) is 36.6 Å². The van der Waals surface area contributed by atoms with Gasteiger partial charge in [0.1, 0.15) is 0 Å². The monoisotopic (exact) mass is 236 g/mol. The van der Waals surface area contributed by atoms with E-state index in [0.717, 1.165) is 24.1 Å². The summed E-state index contributed by atoms with van der Waals surface area (Å²) in [6, 6.07) is 0.222. The zero-order valence-electron chi connectivity index (χ0n) is 11.9. The topological polar surface area (TPSA) is 25.2 Å². The zero-order valence-corrected chi connectivity index (χ0v) is 11.9. The number of pyridine rings is 1. The molecule has 0 unspecified atom stereocenters. The Bertz CT molecular complexity index is 444. The molecular formula is C14H24N2O. The third kappa shape index (κ3) is 3.19. The number of hydrogen-bond acceptors (Lipinski definition) is 2. The summed E-state index contributed by atoms with van der Waals surface area (Å²) in [5.41, 5.74) is 3.46. The smallest absolute Gasteiger partial charge is 0.253 e. The van der Waals surface area contributed by atoms with Crippen LogP contribution in [0.4, 0.5) is 0 Å². The lowest BCUT2D eigenvalue weighted by molar-refractivity contribution is 0.412. The maximum absolute atomic E-state index is 12.1. The van der Waals surface area contributed by atoms with Crippen molar-refractivity contribution < 1.29 is 0 Å². The van der Waals surface area contributed by atoms with Gasteiger partial charge in [-0.2, -0.15) is 0 Å². The summed E-state index contributed by atoms with van der Waals surface area (Å²) >= 11 is 0. The Morgan fingerprint density at radius 2 is 1.82 bits per heavy atom. The minimum absolute atomic E-state index is 0.145. The molecule has 0 aliphatic carbocycles. The molecule has 0 bridgehead atoms. The Morgan fingerprint density at radius 3 is 2.29 bits per heavy atom. The standard InChI is InChI=1S/C14H24N2O/c1-10(2)16-9-13(7-8-15(5)6)11(3)12(4)14(16)17/h9-10H,7-8H2,1-6H3. The first-order chi connectivity index (χ1) is 7.84. The van der Waals surface area contributed by atoms with Crippen LogP contribution >= 0.6 is 0 Å². The van der Waals surface area contributed by atoms with Crippen molar-refractivity contribution in [2.24, 2.45) is 0 Å². The van der Waals surface area contributed by atoms with E-state index in [9.17, 15) is 4.79 Å². The summed E-state index contributed by atoms with van der Waals surface area (Å²) in [7, 11) is 4.14. The molecule has 17 heavy (non-hydrogen) atoms. The van der Waals surface area contributed by atoms with Crippen molar-refractivity contribution in [3.05, 3.63) is 33.2 Å². The molecule has 0 saturated carbocycles. The lowest BCUT2D eigenvalue weighted by Gasteiger charge is -2.17. The molecule has 0 amide bonds. The Balaban J connectivity index is 3.18. The molecule has 0 N–H and O–H groups in total. The van der Waals surface area contributed by atoms with Crippen molar-refractivity contribution in [1.29, 1.82) is 0 Å². The highest BCUT2D eigenvalue weighted by Gasteiger charge is 2.10. The Kier molecular flexibility index (Phi) is 4.52. The largest absolute Gasteiger partial charge is 0.313 e. The molecule has 0 aliphatic heterocycles.